The maximum Gasteiger partial charge on any atom is 0.293 e. The van der Waals surface area contributed by atoms with E-state index in [1.807, 2.05) is 13.0 Å². The van der Waals surface area contributed by atoms with Crippen LogP contribution in [0.4, 0.5) is 11.4 Å². The second-order valence-electron chi connectivity index (χ2n) is 3.81. The highest BCUT2D eigenvalue weighted by Gasteiger charge is 2.17. The molecular weight excluding hydrogens is 234 g/mol. The molecular formula is C12H15N3O3. The van der Waals surface area contributed by atoms with Gasteiger partial charge in [0.2, 0.25) is 0 Å². The molecule has 0 aromatic heterocycles. The molecule has 0 saturated heterocycles. The van der Waals surface area contributed by atoms with Crippen molar-refractivity contribution in [3.8, 4) is 6.07 Å². The third-order valence-electron chi connectivity index (χ3n) is 2.54. The van der Waals surface area contributed by atoms with Gasteiger partial charge in [0.05, 0.1) is 23.2 Å². The zero-order valence-electron chi connectivity index (χ0n) is 10.3. The normalized spacial score (nSPS) is 11.6. The lowest BCUT2D eigenvalue weighted by atomic mass is 10.1. The first-order valence-corrected chi connectivity index (χ1v) is 5.56. The molecule has 0 fully saturated rings. The Morgan fingerprint density at radius 2 is 2.33 bits per heavy atom. The van der Waals surface area contributed by atoms with Crippen LogP contribution >= 0.6 is 0 Å². The van der Waals surface area contributed by atoms with E-state index in [-0.39, 0.29) is 17.3 Å². The number of anilines is 1. The topological polar surface area (TPSA) is 88.2 Å². The van der Waals surface area contributed by atoms with Crippen LogP contribution in [0.3, 0.4) is 0 Å². The van der Waals surface area contributed by atoms with E-state index in [2.05, 4.69) is 5.32 Å². The summed E-state index contributed by atoms with van der Waals surface area (Å²) in [7, 11) is 1.58. The molecule has 6 nitrogen and oxygen atoms in total. The van der Waals surface area contributed by atoms with E-state index < -0.39 is 4.92 Å². The van der Waals surface area contributed by atoms with E-state index >= 15 is 0 Å². The molecule has 6 heteroatoms. The van der Waals surface area contributed by atoms with Crippen molar-refractivity contribution in [3.05, 3.63) is 33.9 Å². The second kappa shape index (κ2) is 6.57. The number of nitriles is 1. The Bertz CT molecular complexity index is 468. The molecule has 0 spiro atoms. The summed E-state index contributed by atoms with van der Waals surface area (Å²) in [5, 5.41) is 22.7. The number of nitrogens with one attached hydrogen (secondary N) is 1. The molecule has 18 heavy (non-hydrogen) atoms. The van der Waals surface area contributed by atoms with Crippen molar-refractivity contribution in [2.75, 3.05) is 19.0 Å². The SMILES string of the molecule is CCC(COC)Nc1ccc(C#N)cc1[N+](=O)[O-]. The number of rotatable bonds is 6. The summed E-state index contributed by atoms with van der Waals surface area (Å²) in [4.78, 5) is 10.4. The Hall–Kier alpha value is -2.13. The van der Waals surface area contributed by atoms with E-state index in [1.54, 1.807) is 19.2 Å². The lowest BCUT2D eigenvalue weighted by Gasteiger charge is -2.17. The van der Waals surface area contributed by atoms with E-state index in [1.165, 1.54) is 6.07 Å². The maximum absolute atomic E-state index is 10.9. The second-order valence-corrected chi connectivity index (χ2v) is 3.81. The number of nitro groups is 1. The summed E-state index contributed by atoms with van der Waals surface area (Å²) in [6.45, 7) is 2.43. The Morgan fingerprint density at radius 3 is 2.83 bits per heavy atom. The molecule has 1 atom stereocenters. The average molecular weight is 249 g/mol. The molecule has 0 aliphatic rings. The van der Waals surface area contributed by atoms with E-state index in [0.29, 0.717) is 12.3 Å². The van der Waals surface area contributed by atoms with Crippen LogP contribution in [0.5, 0.6) is 0 Å². The largest absolute Gasteiger partial charge is 0.383 e. The molecule has 1 aromatic rings. The van der Waals surface area contributed by atoms with Gasteiger partial charge < -0.3 is 10.1 Å². The number of hydrogen-bond acceptors (Lipinski definition) is 5. The molecule has 0 aliphatic heterocycles. The van der Waals surface area contributed by atoms with Gasteiger partial charge in [-0.25, -0.2) is 0 Å². The quantitative estimate of drug-likeness (QED) is 0.617. The lowest BCUT2D eigenvalue weighted by molar-refractivity contribution is -0.384. The first-order valence-electron chi connectivity index (χ1n) is 5.56. The third-order valence-corrected chi connectivity index (χ3v) is 2.54. The van der Waals surface area contributed by atoms with Crippen molar-refractivity contribution in [1.29, 1.82) is 5.26 Å². The number of nitro benzene ring substituents is 1. The van der Waals surface area contributed by atoms with Crippen LogP contribution in [0.25, 0.3) is 0 Å². The Kier molecular flexibility index (Phi) is 5.08. The van der Waals surface area contributed by atoms with Crippen molar-refractivity contribution in [2.24, 2.45) is 0 Å². The van der Waals surface area contributed by atoms with Crippen molar-refractivity contribution < 1.29 is 9.66 Å². The van der Waals surface area contributed by atoms with Gasteiger partial charge in [0.1, 0.15) is 5.69 Å². The molecule has 0 saturated carbocycles. The minimum Gasteiger partial charge on any atom is -0.383 e. The summed E-state index contributed by atoms with van der Waals surface area (Å²) in [6, 6.07) is 6.25. The molecule has 0 aliphatic carbocycles. The van der Waals surface area contributed by atoms with Crippen LogP contribution in [-0.4, -0.2) is 24.7 Å². The molecule has 1 unspecified atom stereocenters. The molecule has 1 aromatic carbocycles. The molecule has 1 N–H and O–H groups in total. The highest BCUT2D eigenvalue weighted by Crippen LogP contribution is 2.26. The third kappa shape index (κ3) is 3.43. The smallest absolute Gasteiger partial charge is 0.293 e. The Morgan fingerprint density at radius 1 is 1.61 bits per heavy atom. The van der Waals surface area contributed by atoms with E-state index in [4.69, 9.17) is 10.00 Å². The summed E-state index contributed by atoms with van der Waals surface area (Å²) in [6.07, 6.45) is 0.783. The number of hydrogen-bond donors (Lipinski definition) is 1. The molecule has 0 radical (unpaired) electrons. The Labute approximate surface area is 105 Å². The van der Waals surface area contributed by atoms with Gasteiger partial charge in [0, 0.05) is 19.2 Å². The fraction of sp³-hybridized carbons (Fsp3) is 0.417. The Balaban J connectivity index is 3.01. The standard InChI is InChI=1S/C12H15N3O3/c1-3-10(8-18-2)14-11-5-4-9(7-13)6-12(11)15(16)17/h4-6,10,14H,3,8H2,1-2H3. The van der Waals surface area contributed by atoms with Gasteiger partial charge in [-0.15, -0.1) is 0 Å². The summed E-state index contributed by atoms with van der Waals surface area (Å²) in [5.41, 5.74) is 0.582. The van der Waals surface area contributed by atoms with Crippen LogP contribution in [-0.2, 0) is 4.74 Å². The van der Waals surface area contributed by atoms with Crippen molar-refractivity contribution in [1.82, 2.24) is 0 Å². The van der Waals surface area contributed by atoms with E-state index in [9.17, 15) is 10.1 Å². The summed E-state index contributed by atoms with van der Waals surface area (Å²) in [5.74, 6) is 0. The van der Waals surface area contributed by atoms with Gasteiger partial charge in [-0.1, -0.05) is 6.92 Å². The van der Waals surface area contributed by atoms with Crippen LogP contribution in [0, 0.1) is 21.4 Å². The van der Waals surface area contributed by atoms with Crippen LogP contribution in [0.2, 0.25) is 0 Å². The van der Waals surface area contributed by atoms with Gasteiger partial charge in [0.15, 0.2) is 0 Å². The number of ether oxygens (including phenoxy) is 1. The van der Waals surface area contributed by atoms with Gasteiger partial charge in [0.25, 0.3) is 5.69 Å². The predicted octanol–water partition coefficient (Wildman–Crippen LogP) is 2.30. The fourth-order valence-electron chi connectivity index (χ4n) is 1.56. The number of nitrogens with zero attached hydrogens (tertiary/aromatic N) is 2. The zero-order chi connectivity index (χ0) is 13.5. The van der Waals surface area contributed by atoms with Gasteiger partial charge in [-0.2, -0.15) is 5.26 Å². The van der Waals surface area contributed by atoms with Gasteiger partial charge in [-0.05, 0) is 18.6 Å². The van der Waals surface area contributed by atoms with Gasteiger partial charge >= 0.3 is 0 Å². The predicted molar refractivity (Wildman–Crippen MR) is 67.4 cm³/mol. The van der Waals surface area contributed by atoms with Crippen molar-refractivity contribution >= 4 is 11.4 Å². The molecule has 0 bridgehead atoms. The van der Waals surface area contributed by atoms with Gasteiger partial charge in [-0.3, -0.25) is 10.1 Å². The fourth-order valence-corrected chi connectivity index (χ4v) is 1.56. The highest BCUT2D eigenvalue weighted by molar-refractivity contribution is 5.64. The zero-order valence-corrected chi connectivity index (χ0v) is 10.3. The number of benzene rings is 1. The van der Waals surface area contributed by atoms with Crippen molar-refractivity contribution in [2.45, 2.75) is 19.4 Å². The molecule has 1 rings (SSSR count). The minimum atomic E-state index is -0.497. The summed E-state index contributed by atoms with van der Waals surface area (Å²) >= 11 is 0. The molecule has 0 amide bonds. The van der Waals surface area contributed by atoms with E-state index in [0.717, 1.165) is 6.42 Å². The first-order chi connectivity index (χ1) is 8.62. The molecule has 0 heterocycles. The molecule has 96 valence electrons. The monoisotopic (exact) mass is 249 g/mol. The minimum absolute atomic E-state index is 0.00151. The first kappa shape index (κ1) is 13.9. The average Bonchev–Trinajstić information content (AvgIpc) is 2.38. The van der Waals surface area contributed by atoms with Crippen molar-refractivity contribution in [3.63, 3.8) is 0 Å². The summed E-state index contributed by atoms with van der Waals surface area (Å²) < 4.78 is 5.03. The van der Waals surface area contributed by atoms with Crippen LogP contribution in [0.1, 0.15) is 18.9 Å². The maximum atomic E-state index is 10.9. The highest BCUT2D eigenvalue weighted by atomic mass is 16.6. The lowest BCUT2D eigenvalue weighted by Crippen LogP contribution is -2.24. The number of methoxy groups -OCH3 is 1. The van der Waals surface area contributed by atoms with Crippen LogP contribution in [0.15, 0.2) is 18.2 Å². The van der Waals surface area contributed by atoms with Crippen LogP contribution < -0.4 is 5.32 Å².